The molecule has 1 amide bonds. The maximum atomic E-state index is 13.6. The highest BCUT2D eigenvalue weighted by Gasteiger charge is 2.17. The molecular formula is C16H14F3N3O2. The fraction of sp³-hybridized carbons (Fsp3) is 0.250. The van der Waals surface area contributed by atoms with Crippen LogP contribution in [-0.4, -0.2) is 37.2 Å². The van der Waals surface area contributed by atoms with Crippen LogP contribution in [0, 0.1) is 17.5 Å². The van der Waals surface area contributed by atoms with Crippen molar-refractivity contribution in [1.82, 2.24) is 4.98 Å². The number of anilines is 2. The van der Waals surface area contributed by atoms with Crippen LogP contribution < -0.4 is 10.2 Å². The number of carbonyl (C=O) groups is 1. The van der Waals surface area contributed by atoms with Crippen LogP contribution in [0.4, 0.5) is 24.5 Å². The summed E-state index contributed by atoms with van der Waals surface area (Å²) >= 11 is 0. The minimum Gasteiger partial charge on any atom is -0.378 e. The van der Waals surface area contributed by atoms with Crippen molar-refractivity contribution in [2.75, 3.05) is 36.5 Å². The number of rotatable bonds is 3. The number of hydrogen-bond donors (Lipinski definition) is 1. The van der Waals surface area contributed by atoms with Crippen LogP contribution in [-0.2, 0) is 4.74 Å². The van der Waals surface area contributed by atoms with Crippen molar-refractivity contribution in [2.24, 2.45) is 0 Å². The van der Waals surface area contributed by atoms with Gasteiger partial charge in [0.1, 0.15) is 5.69 Å². The summed E-state index contributed by atoms with van der Waals surface area (Å²) in [6.45, 7) is 2.70. The third kappa shape index (κ3) is 3.33. The number of hydrogen-bond acceptors (Lipinski definition) is 4. The molecule has 0 aliphatic carbocycles. The smallest absolute Gasteiger partial charge is 0.274 e. The number of ether oxygens (including phenoxy) is 1. The third-order valence-electron chi connectivity index (χ3n) is 3.64. The van der Waals surface area contributed by atoms with Gasteiger partial charge in [0.2, 0.25) is 0 Å². The first-order valence-electron chi connectivity index (χ1n) is 7.30. The number of benzene rings is 1. The SMILES string of the molecule is O=C(Nc1ccc(F)c(F)c1F)c1ccc(N2CCOCC2)cn1. The molecular weight excluding hydrogens is 323 g/mol. The number of pyridine rings is 1. The molecule has 1 aromatic heterocycles. The number of amides is 1. The molecule has 1 N–H and O–H groups in total. The van der Waals surface area contributed by atoms with E-state index in [0.29, 0.717) is 13.2 Å². The van der Waals surface area contributed by atoms with Gasteiger partial charge in [-0.3, -0.25) is 4.79 Å². The van der Waals surface area contributed by atoms with Crippen molar-refractivity contribution in [3.63, 3.8) is 0 Å². The van der Waals surface area contributed by atoms with Gasteiger partial charge in [-0.2, -0.15) is 0 Å². The Balaban J connectivity index is 1.72. The van der Waals surface area contributed by atoms with E-state index in [1.54, 1.807) is 6.07 Å². The van der Waals surface area contributed by atoms with Crippen molar-refractivity contribution in [1.29, 1.82) is 0 Å². The zero-order valence-corrected chi connectivity index (χ0v) is 12.6. The van der Waals surface area contributed by atoms with Crippen LogP contribution in [0.25, 0.3) is 0 Å². The standard InChI is InChI=1S/C16H14F3N3O2/c17-11-2-4-12(15(19)14(11)18)21-16(23)13-3-1-10(9-20-13)22-5-7-24-8-6-22/h1-4,9H,5-8H2,(H,21,23). The van der Waals surface area contributed by atoms with E-state index in [1.807, 2.05) is 0 Å². The molecule has 1 saturated heterocycles. The average molecular weight is 337 g/mol. The summed E-state index contributed by atoms with van der Waals surface area (Å²) in [4.78, 5) is 18.2. The summed E-state index contributed by atoms with van der Waals surface area (Å²) < 4.78 is 44.9. The normalized spacial score (nSPS) is 14.5. The molecule has 126 valence electrons. The van der Waals surface area contributed by atoms with E-state index < -0.39 is 29.0 Å². The summed E-state index contributed by atoms with van der Waals surface area (Å²) in [6.07, 6.45) is 1.53. The van der Waals surface area contributed by atoms with E-state index >= 15 is 0 Å². The molecule has 0 spiro atoms. The molecule has 24 heavy (non-hydrogen) atoms. The second kappa shape index (κ2) is 6.88. The first-order chi connectivity index (χ1) is 11.6. The maximum absolute atomic E-state index is 13.6. The Morgan fingerprint density at radius 3 is 2.50 bits per heavy atom. The fourth-order valence-corrected chi connectivity index (χ4v) is 2.34. The molecule has 0 atom stereocenters. The van der Waals surface area contributed by atoms with Crippen LogP contribution in [0.2, 0.25) is 0 Å². The predicted molar refractivity (Wildman–Crippen MR) is 81.5 cm³/mol. The van der Waals surface area contributed by atoms with Gasteiger partial charge in [0.15, 0.2) is 17.5 Å². The van der Waals surface area contributed by atoms with Crippen molar-refractivity contribution >= 4 is 17.3 Å². The molecule has 1 aromatic carbocycles. The van der Waals surface area contributed by atoms with E-state index in [0.717, 1.165) is 30.9 Å². The molecule has 1 aliphatic heterocycles. The number of halogens is 3. The molecule has 0 unspecified atom stereocenters. The van der Waals surface area contributed by atoms with Gasteiger partial charge in [0, 0.05) is 13.1 Å². The van der Waals surface area contributed by atoms with Gasteiger partial charge in [-0.05, 0) is 24.3 Å². The molecule has 2 aromatic rings. The topological polar surface area (TPSA) is 54.5 Å². The first-order valence-corrected chi connectivity index (χ1v) is 7.30. The molecule has 1 fully saturated rings. The van der Waals surface area contributed by atoms with E-state index in [9.17, 15) is 18.0 Å². The van der Waals surface area contributed by atoms with Crippen LogP contribution in [0.1, 0.15) is 10.5 Å². The van der Waals surface area contributed by atoms with Gasteiger partial charge in [-0.1, -0.05) is 0 Å². The molecule has 3 rings (SSSR count). The lowest BCUT2D eigenvalue weighted by molar-refractivity contribution is 0.102. The van der Waals surface area contributed by atoms with Crippen LogP contribution >= 0.6 is 0 Å². The average Bonchev–Trinajstić information content (AvgIpc) is 2.63. The van der Waals surface area contributed by atoms with Gasteiger partial charge in [-0.25, -0.2) is 18.2 Å². The second-order valence-electron chi connectivity index (χ2n) is 5.18. The van der Waals surface area contributed by atoms with E-state index in [-0.39, 0.29) is 5.69 Å². The highest BCUT2D eigenvalue weighted by Crippen LogP contribution is 2.20. The fourth-order valence-electron chi connectivity index (χ4n) is 2.34. The minimum atomic E-state index is -1.64. The summed E-state index contributed by atoms with van der Waals surface area (Å²) in [5.41, 5.74) is 0.433. The molecule has 0 bridgehead atoms. The van der Waals surface area contributed by atoms with Gasteiger partial charge >= 0.3 is 0 Å². The molecule has 5 nitrogen and oxygen atoms in total. The number of carbonyl (C=O) groups excluding carboxylic acids is 1. The van der Waals surface area contributed by atoms with Gasteiger partial charge in [0.05, 0.1) is 30.8 Å². The van der Waals surface area contributed by atoms with Gasteiger partial charge < -0.3 is 15.0 Å². The largest absolute Gasteiger partial charge is 0.378 e. The van der Waals surface area contributed by atoms with Crippen molar-refractivity contribution in [2.45, 2.75) is 0 Å². The van der Waals surface area contributed by atoms with Crippen LogP contribution in [0.3, 0.4) is 0 Å². The van der Waals surface area contributed by atoms with Gasteiger partial charge in [-0.15, -0.1) is 0 Å². The maximum Gasteiger partial charge on any atom is 0.274 e. The lowest BCUT2D eigenvalue weighted by atomic mass is 10.2. The zero-order chi connectivity index (χ0) is 17.1. The van der Waals surface area contributed by atoms with E-state index in [1.165, 1.54) is 12.3 Å². The summed E-state index contributed by atoms with van der Waals surface area (Å²) in [7, 11) is 0. The number of aromatic nitrogens is 1. The minimum absolute atomic E-state index is 0.0381. The van der Waals surface area contributed by atoms with Crippen LogP contribution in [0.5, 0.6) is 0 Å². The Kier molecular flexibility index (Phi) is 4.66. The highest BCUT2D eigenvalue weighted by atomic mass is 19.2. The highest BCUT2D eigenvalue weighted by molar-refractivity contribution is 6.03. The third-order valence-corrected chi connectivity index (χ3v) is 3.64. The van der Waals surface area contributed by atoms with Crippen molar-refractivity contribution < 1.29 is 22.7 Å². The van der Waals surface area contributed by atoms with Gasteiger partial charge in [0.25, 0.3) is 5.91 Å². The van der Waals surface area contributed by atoms with Crippen molar-refractivity contribution in [3.8, 4) is 0 Å². The molecule has 0 saturated carbocycles. The summed E-state index contributed by atoms with van der Waals surface area (Å²) in [5, 5.41) is 2.18. The Morgan fingerprint density at radius 1 is 1.08 bits per heavy atom. The zero-order valence-electron chi connectivity index (χ0n) is 12.6. The first kappa shape index (κ1) is 16.3. The number of nitrogens with zero attached hydrogens (tertiary/aromatic N) is 2. The summed E-state index contributed by atoms with van der Waals surface area (Å²) in [5.74, 6) is -5.12. The van der Waals surface area contributed by atoms with Crippen molar-refractivity contribution in [3.05, 3.63) is 53.6 Å². The Hall–Kier alpha value is -2.61. The lowest BCUT2D eigenvalue weighted by Gasteiger charge is -2.28. The monoisotopic (exact) mass is 337 g/mol. The number of nitrogens with one attached hydrogen (secondary N) is 1. The quantitative estimate of drug-likeness (QED) is 0.875. The molecule has 0 radical (unpaired) electrons. The predicted octanol–water partition coefficient (Wildman–Crippen LogP) is 2.59. The Morgan fingerprint density at radius 2 is 1.83 bits per heavy atom. The van der Waals surface area contributed by atoms with E-state index in [2.05, 4.69) is 15.2 Å². The van der Waals surface area contributed by atoms with Crippen LogP contribution in [0.15, 0.2) is 30.5 Å². The second-order valence-corrected chi connectivity index (χ2v) is 5.18. The number of morpholine rings is 1. The summed E-state index contributed by atoms with van der Waals surface area (Å²) in [6, 6.07) is 4.89. The molecule has 8 heteroatoms. The molecule has 2 heterocycles. The Labute approximate surface area is 136 Å². The van der Waals surface area contributed by atoms with E-state index in [4.69, 9.17) is 4.74 Å². The molecule has 1 aliphatic rings. The Bertz CT molecular complexity index is 747. The lowest BCUT2D eigenvalue weighted by Crippen LogP contribution is -2.36.